The van der Waals surface area contributed by atoms with Gasteiger partial charge < -0.3 is 25.2 Å². The minimum absolute atomic E-state index is 0.0674. The minimum atomic E-state index is -0.846. The van der Waals surface area contributed by atoms with Gasteiger partial charge in [0.2, 0.25) is 5.91 Å². The Kier molecular flexibility index (Phi) is 5.84. The summed E-state index contributed by atoms with van der Waals surface area (Å²) in [5, 5.41) is 8.97. The third-order valence-electron chi connectivity index (χ3n) is 3.03. The molecule has 6 nitrogen and oxygen atoms in total. The van der Waals surface area contributed by atoms with Crippen LogP contribution in [0.15, 0.2) is 0 Å². The van der Waals surface area contributed by atoms with Crippen molar-refractivity contribution in [2.24, 2.45) is 5.73 Å². The van der Waals surface area contributed by atoms with Gasteiger partial charge in [-0.15, -0.1) is 0 Å². The molecule has 0 aliphatic carbocycles. The zero-order valence-electron chi connectivity index (χ0n) is 10.4. The van der Waals surface area contributed by atoms with E-state index >= 15 is 0 Å². The second-order valence-corrected chi connectivity index (χ2v) is 4.28. The SMILES string of the molecule is COCCN(CCO)C(=O)C1(N)CCOCC1. The van der Waals surface area contributed by atoms with Crippen molar-refractivity contribution in [3.63, 3.8) is 0 Å². The van der Waals surface area contributed by atoms with Crippen molar-refractivity contribution in [2.75, 3.05) is 46.6 Å². The van der Waals surface area contributed by atoms with Gasteiger partial charge in [0.15, 0.2) is 0 Å². The Morgan fingerprint density at radius 2 is 2.12 bits per heavy atom. The van der Waals surface area contributed by atoms with Crippen molar-refractivity contribution >= 4 is 5.91 Å². The number of carbonyl (C=O) groups is 1. The summed E-state index contributed by atoms with van der Waals surface area (Å²) < 4.78 is 10.2. The van der Waals surface area contributed by atoms with Crippen LogP contribution in [0.5, 0.6) is 0 Å². The lowest BCUT2D eigenvalue weighted by Crippen LogP contribution is -2.58. The lowest BCUT2D eigenvalue weighted by Gasteiger charge is -2.36. The Hall–Kier alpha value is -0.690. The average Bonchev–Trinajstić information content (AvgIpc) is 2.34. The second kappa shape index (κ2) is 6.90. The minimum Gasteiger partial charge on any atom is -0.395 e. The Balaban J connectivity index is 2.61. The van der Waals surface area contributed by atoms with E-state index in [9.17, 15) is 4.79 Å². The Morgan fingerprint density at radius 3 is 2.65 bits per heavy atom. The van der Waals surface area contributed by atoms with Gasteiger partial charge >= 0.3 is 0 Å². The number of nitrogens with two attached hydrogens (primary N) is 1. The lowest BCUT2D eigenvalue weighted by molar-refractivity contribution is -0.141. The van der Waals surface area contributed by atoms with E-state index in [1.165, 1.54) is 0 Å². The van der Waals surface area contributed by atoms with E-state index < -0.39 is 5.54 Å². The molecule has 0 atom stereocenters. The van der Waals surface area contributed by atoms with Crippen LogP contribution in [0.2, 0.25) is 0 Å². The smallest absolute Gasteiger partial charge is 0.242 e. The van der Waals surface area contributed by atoms with E-state index in [0.717, 1.165) is 0 Å². The van der Waals surface area contributed by atoms with E-state index in [2.05, 4.69) is 0 Å². The molecule has 0 aromatic rings. The van der Waals surface area contributed by atoms with Crippen molar-refractivity contribution in [2.45, 2.75) is 18.4 Å². The van der Waals surface area contributed by atoms with Crippen LogP contribution in [0.3, 0.4) is 0 Å². The molecule has 0 saturated carbocycles. The summed E-state index contributed by atoms with van der Waals surface area (Å²) in [6, 6.07) is 0. The maximum absolute atomic E-state index is 12.3. The molecule has 1 fully saturated rings. The fourth-order valence-electron chi connectivity index (χ4n) is 1.90. The summed E-state index contributed by atoms with van der Waals surface area (Å²) in [7, 11) is 1.58. The first-order valence-corrected chi connectivity index (χ1v) is 5.90. The number of aliphatic hydroxyl groups excluding tert-OH is 1. The molecule has 1 aliphatic heterocycles. The molecule has 1 amide bonds. The zero-order valence-corrected chi connectivity index (χ0v) is 10.4. The van der Waals surface area contributed by atoms with Crippen LogP contribution < -0.4 is 5.73 Å². The molecule has 0 spiro atoms. The summed E-state index contributed by atoms with van der Waals surface area (Å²) in [5.74, 6) is -0.119. The average molecular weight is 246 g/mol. The molecule has 0 bridgehead atoms. The third-order valence-corrected chi connectivity index (χ3v) is 3.03. The standard InChI is InChI=1S/C11H22N2O4/c1-16-9-5-13(4-6-14)10(15)11(12)2-7-17-8-3-11/h14H,2-9,12H2,1H3. The van der Waals surface area contributed by atoms with Gasteiger partial charge in [-0.2, -0.15) is 0 Å². The molecule has 1 rings (SSSR count). The maximum atomic E-state index is 12.3. The number of ether oxygens (including phenoxy) is 2. The van der Waals surface area contributed by atoms with Gasteiger partial charge in [0, 0.05) is 33.4 Å². The van der Waals surface area contributed by atoms with Crippen LogP contribution in [0.1, 0.15) is 12.8 Å². The quantitative estimate of drug-likeness (QED) is 0.625. The molecule has 6 heteroatoms. The summed E-state index contributed by atoms with van der Waals surface area (Å²) in [6.07, 6.45) is 1.06. The van der Waals surface area contributed by atoms with Gasteiger partial charge in [-0.25, -0.2) is 0 Å². The molecule has 1 heterocycles. The van der Waals surface area contributed by atoms with E-state index in [-0.39, 0.29) is 12.5 Å². The monoisotopic (exact) mass is 246 g/mol. The number of amides is 1. The largest absolute Gasteiger partial charge is 0.395 e. The molecule has 0 radical (unpaired) electrons. The van der Waals surface area contributed by atoms with E-state index in [1.54, 1.807) is 12.0 Å². The van der Waals surface area contributed by atoms with Crippen LogP contribution in [0.4, 0.5) is 0 Å². The topological polar surface area (TPSA) is 85.0 Å². The zero-order chi connectivity index (χ0) is 12.7. The number of rotatable bonds is 6. The first-order chi connectivity index (χ1) is 8.14. The van der Waals surface area contributed by atoms with Gasteiger partial charge in [-0.1, -0.05) is 0 Å². The molecule has 1 aliphatic rings. The van der Waals surface area contributed by atoms with Crippen molar-refractivity contribution in [1.29, 1.82) is 0 Å². The van der Waals surface area contributed by atoms with Crippen LogP contribution in [0, 0.1) is 0 Å². The normalized spacial score (nSPS) is 19.0. The molecule has 100 valence electrons. The number of aliphatic hydroxyl groups is 1. The predicted octanol–water partition coefficient (Wildman–Crippen LogP) is -1.04. The molecule has 3 N–H and O–H groups in total. The van der Waals surface area contributed by atoms with E-state index in [0.29, 0.717) is 45.8 Å². The van der Waals surface area contributed by atoms with Crippen molar-refractivity contribution < 1.29 is 19.4 Å². The van der Waals surface area contributed by atoms with Crippen molar-refractivity contribution in [1.82, 2.24) is 4.90 Å². The molecule has 0 aromatic carbocycles. The highest BCUT2D eigenvalue weighted by molar-refractivity contribution is 5.86. The molecule has 0 aromatic heterocycles. The van der Waals surface area contributed by atoms with E-state index in [1.807, 2.05) is 0 Å². The highest BCUT2D eigenvalue weighted by Crippen LogP contribution is 2.20. The molecule has 1 saturated heterocycles. The predicted molar refractivity (Wildman–Crippen MR) is 62.5 cm³/mol. The van der Waals surface area contributed by atoms with Crippen LogP contribution in [-0.4, -0.2) is 68.1 Å². The Bertz CT molecular complexity index is 242. The molecule has 17 heavy (non-hydrogen) atoms. The summed E-state index contributed by atoms with van der Waals surface area (Å²) in [5.41, 5.74) is 5.27. The maximum Gasteiger partial charge on any atom is 0.242 e. The van der Waals surface area contributed by atoms with Crippen LogP contribution in [0.25, 0.3) is 0 Å². The molecular formula is C11H22N2O4. The van der Waals surface area contributed by atoms with Gasteiger partial charge in [-0.3, -0.25) is 4.79 Å². The fraction of sp³-hybridized carbons (Fsp3) is 0.909. The van der Waals surface area contributed by atoms with E-state index in [4.69, 9.17) is 20.3 Å². The number of hydrogen-bond acceptors (Lipinski definition) is 5. The summed E-state index contributed by atoms with van der Waals surface area (Å²) >= 11 is 0. The van der Waals surface area contributed by atoms with Gasteiger partial charge in [0.1, 0.15) is 0 Å². The number of nitrogens with zero attached hydrogens (tertiary/aromatic N) is 1. The highest BCUT2D eigenvalue weighted by Gasteiger charge is 2.38. The van der Waals surface area contributed by atoms with Crippen LogP contribution in [-0.2, 0) is 14.3 Å². The molecular weight excluding hydrogens is 224 g/mol. The molecule has 0 unspecified atom stereocenters. The summed E-state index contributed by atoms with van der Waals surface area (Å²) in [4.78, 5) is 13.9. The highest BCUT2D eigenvalue weighted by atomic mass is 16.5. The van der Waals surface area contributed by atoms with Gasteiger partial charge in [0.05, 0.1) is 18.8 Å². The number of methoxy groups -OCH3 is 1. The number of carbonyl (C=O) groups excluding carboxylic acids is 1. The van der Waals surface area contributed by atoms with Crippen molar-refractivity contribution in [3.05, 3.63) is 0 Å². The van der Waals surface area contributed by atoms with Crippen LogP contribution >= 0.6 is 0 Å². The Morgan fingerprint density at radius 1 is 1.47 bits per heavy atom. The lowest BCUT2D eigenvalue weighted by atomic mass is 9.89. The fourth-order valence-corrected chi connectivity index (χ4v) is 1.90. The first-order valence-electron chi connectivity index (χ1n) is 5.90. The summed E-state index contributed by atoms with van der Waals surface area (Å²) in [6.45, 7) is 2.15. The Labute approximate surface area is 102 Å². The first kappa shape index (κ1) is 14.4. The third kappa shape index (κ3) is 3.92. The van der Waals surface area contributed by atoms with Crippen molar-refractivity contribution in [3.8, 4) is 0 Å². The van der Waals surface area contributed by atoms with Gasteiger partial charge in [-0.05, 0) is 12.8 Å². The number of hydrogen-bond donors (Lipinski definition) is 2. The second-order valence-electron chi connectivity index (χ2n) is 4.28. The van der Waals surface area contributed by atoms with Gasteiger partial charge in [0.25, 0.3) is 0 Å².